The maximum Gasteiger partial charge on any atom is 0.135 e. The van der Waals surface area contributed by atoms with Crippen LogP contribution in [0.3, 0.4) is 0 Å². The molecule has 5 aromatic rings. The fourth-order valence-electron chi connectivity index (χ4n) is 5.63. The van der Waals surface area contributed by atoms with Gasteiger partial charge in [-0.05, 0) is 103 Å². The molecule has 45 heavy (non-hydrogen) atoms. The lowest BCUT2D eigenvalue weighted by atomic mass is 9.94. The first kappa shape index (κ1) is 29.7. The van der Waals surface area contributed by atoms with Crippen LogP contribution in [0, 0.1) is 0 Å². The number of allylic oxidation sites excluding steroid dienone is 4. The van der Waals surface area contributed by atoms with E-state index in [-0.39, 0.29) is 6.04 Å². The summed E-state index contributed by atoms with van der Waals surface area (Å²) in [4.78, 5) is 5.16. The van der Waals surface area contributed by atoms with Gasteiger partial charge in [0.15, 0.2) is 0 Å². The van der Waals surface area contributed by atoms with E-state index in [9.17, 15) is 0 Å². The summed E-state index contributed by atoms with van der Waals surface area (Å²) in [6.07, 6.45) is 18.6. The summed E-state index contributed by atoms with van der Waals surface area (Å²) in [6.45, 7) is 8.49. The van der Waals surface area contributed by atoms with E-state index in [0.717, 1.165) is 74.4 Å². The number of furan rings is 1. The molecule has 1 unspecified atom stereocenters. The molecule has 0 fully saturated rings. The SMILES string of the molecule is C=C(CC/C=C\C)c1cc(C2=NC(c3ccc(/C=C/c4c(/C=C\C)oc5ccccc45)cc3)C=CN2)cc(-c2ccccc2)c1. The van der Waals surface area contributed by atoms with Crippen molar-refractivity contribution in [2.45, 2.75) is 32.7 Å². The number of hydrogen-bond donors (Lipinski definition) is 1. The maximum atomic E-state index is 6.07. The highest BCUT2D eigenvalue weighted by Gasteiger charge is 2.16. The third-order valence-electron chi connectivity index (χ3n) is 8.04. The van der Waals surface area contributed by atoms with Gasteiger partial charge >= 0.3 is 0 Å². The average Bonchev–Trinajstić information content (AvgIpc) is 3.45. The highest BCUT2D eigenvalue weighted by molar-refractivity contribution is 6.02. The zero-order chi connectivity index (χ0) is 31.0. The number of hydrogen-bond acceptors (Lipinski definition) is 3. The summed E-state index contributed by atoms with van der Waals surface area (Å²) in [5.74, 6) is 1.73. The molecule has 0 saturated carbocycles. The largest absolute Gasteiger partial charge is 0.456 e. The Balaban J connectivity index is 1.27. The summed E-state index contributed by atoms with van der Waals surface area (Å²) in [5.41, 5.74) is 9.90. The smallest absolute Gasteiger partial charge is 0.135 e. The first-order valence-corrected chi connectivity index (χ1v) is 15.6. The molecule has 0 amide bonds. The Hall–Kier alpha value is -5.41. The number of rotatable bonds is 10. The second-order valence-electron chi connectivity index (χ2n) is 11.2. The van der Waals surface area contributed by atoms with Gasteiger partial charge < -0.3 is 9.73 Å². The van der Waals surface area contributed by atoms with E-state index in [1.807, 2.05) is 49.5 Å². The number of fused-ring (bicyclic) bond motifs is 1. The zero-order valence-electron chi connectivity index (χ0n) is 25.9. The number of nitrogens with zero attached hydrogens (tertiary/aromatic N) is 1. The molecule has 3 nitrogen and oxygen atoms in total. The van der Waals surface area contributed by atoms with Crippen molar-refractivity contribution in [2.75, 3.05) is 0 Å². The van der Waals surface area contributed by atoms with E-state index in [0.29, 0.717) is 0 Å². The lowest BCUT2D eigenvalue weighted by Gasteiger charge is -2.19. The van der Waals surface area contributed by atoms with Crippen LogP contribution in [0.1, 0.15) is 66.3 Å². The summed E-state index contributed by atoms with van der Waals surface area (Å²) in [7, 11) is 0. The topological polar surface area (TPSA) is 37.5 Å². The summed E-state index contributed by atoms with van der Waals surface area (Å²) >= 11 is 0. The van der Waals surface area contributed by atoms with E-state index in [2.05, 4.69) is 122 Å². The molecular formula is C42H38N2O. The monoisotopic (exact) mass is 586 g/mol. The molecule has 4 aromatic carbocycles. The van der Waals surface area contributed by atoms with Crippen molar-refractivity contribution in [1.82, 2.24) is 5.32 Å². The number of amidine groups is 1. The van der Waals surface area contributed by atoms with Crippen LogP contribution in [-0.4, -0.2) is 5.84 Å². The average molecular weight is 587 g/mol. The highest BCUT2D eigenvalue weighted by atomic mass is 16.3. The zero-order valence-corrected chi connectivity index (χ0v) is 25.9. The normalized spacial score (nSPS) is 14.9. The predicted molar refractivity (Wildman–Crippen MR) is 193 cm³/mol. The van der Waals surface area contributed by atoms with Gasteiger partial charge in [-0.2, -0.15) is 0 Å². The van der Waals surface area contributed by atoms with Gasteiger partial charge in [0.25, 0.3) is 0 Å². The molecule has 1 atom stereocenters. The Morgan fingerprint density at radius 1 is 0.822 bits per heavy atom. The lowest BCUT2D eigenvalue weighted by molar-refractivity contribution is 0.603. The van der Waals surface area contributed by atoms with Crippen molar-refractivity contribution < 1.29 is 4.42 Å². The summed E-state index contributed by atoms with van der Waals surface area (Å²) in [6, 6.07) is 33.9. The standard InChI is InChI=1S/C42H38N2O/c1-4-6-8-14-30(3)34-27-35(32-15-9-7-10-16-32)29-36(28-34)42-43-26-25-39(44-42)33-22-19-31(20-23-33)21-24-38-37-17-11-12-18-41(37)45-40(38)13-5-2/h4-7,9-13,15-29,39H,3,8,14H2,1-2H3,(H,43,44)/b6-4-,13-5-,24-21+. The Morgan fingerprint density at radius 3 is 2.40 bits per heavy atom. The molecule has 2 heterocycles. The number of para-hydroxylation sites is 1. The van der Waals surface area contributed by atoms with Crippen LogP contribution in [-0.2, 0) is 0 Å². The third-order valence-corrected chi connectivity index (χ3v) is 8.04. The minimum atomic E-state index is -0.0832. The molecule has 3 heteroatoms. The predicted octanol–water partition coefficient (Wildman–Crippen LogP) is 11.3. The minimum Gasteiger partial charge on any atom is -0.456 e. The Bertz CT molecular complexity index is 1950. The molecule has 0 radical (unpaired) electrons. The van der Waals surface area contributed by atoms with Crippen LogP contribution in [0.25, 0.3) is 45.9 Å². The van der Waals surface area contributed by atoms with Crippen LogP contribution < -0.4 is 5.32 Å². The van der Waals surface area contributed by atoms with Crippen molar-refractivity contribution in [3.8, 4) is 11.1 Å². The van der Waals surface area contributed by atoms with Gasteiger partial charge in [0.2, 0.25) is 0 Å². The minimum absolute atomic E-state index is 0.0832. The van der Waals surface area contributed by atoms with Gasteiger partial charge in [-0.25, -0.2) is 0 Å². The first-order valence-electron chi connectivity index (χ1n) is 15.6. The van der Waals surface area contributed by atoms with Crippen molar-refractivity contribution in [3.63, 3.8) is 0 Å². The molecule has 0 bridgehead atoms. The van der Waals surface area contributed by atoms with Gasteiger partial charge in [0.05, 0.1) is 6.04 Å². The fraction of sp³-hybridized carbons (Fsp3) is 0.119. The van der Waals surface area contributed by atoms with Gasteiger partial charge in [-0.1, -0.05) is 104 Å². The van der Waals surface area contributed by atoms with Crippen LogP contribution in [0.15, 0.2) is 144 Å². The van der Waals surface area contributed by atoms with Crippen molar-refractivity contribution >= 4 is 40.6 Å². The van der Waals surface area contributed by atoms with Gasteiger partial charge in [0, 0.05) is 22.7 Å². The van der Waals surface area contributed by atoms with Gasteiger partial charge in [0.1, 0.15) is 17.2 Å². The quantitative estimate of drug-likeness (QED) is 0.165. The van der Waals surface area contributed by atoms with Crippen molar-refractivity contribution in [3.05, 3.63) is 168 Å². The van der Waals surface area contributed by atoms with Gasteiger partial charge in [-0.3, -0.25) is 4.99 Å². The molecule has 222 valence electrons. The number of benzene rings is 4. The van der Waals surface area contributed by atoms with Crippen LogP contribution in [0.5, 0.6) is 0 Å². The van der Waals surface area contributed by atoms with Crippen LogP contribution in [0.2, 0.25) is 0 Å². The molecule has 0 saturated heterocycles. The van der Waals surface area contributed by atoms with E-state index in [1.165, 1.54) is 5.56 Å². The first-order chi connectivity index (χ1) is 22.1. The summed E-state index contributed by atoms with van der Waals surface area (Å²) < 4.78 is 6.07. The van der Waals surface area contributed by atoms with E-state index < -0.39 is 0 Å². The highest BCUT2D eigenvalue weighted by Crippen LogP contribution is 2.31. The lowest BCUT2D eigenvalue weighted by Crippen LogP contribution is -2.23. The second kappa shape index (κ2) is 13.9. The Morgan fingerprint density at radius 2 is 1.60 bits per heavy atom. The molecule has 1 aromatic heterocycles. The van der Waals surface area contributed by atoms with Crippen molar-refractivity contribution in [1.29, 1.82) is 0 Å². The Kier molecular flexibility index (Phi) is 9.17. The number of nitrogens with one attached hydrogen (secondary N) is 1. The molecule has 0 spiro atoms. The molecule has 6 rings (SSSR count). The molecule has 1 aliphatic rings. The molecule has 0 aliphatic carbocycles. The summed E-state index contributed by atoms with van der Waals surface area (Å²) in [5, 5.41) is 4.52. The molecule has 1 aliphatic heterocycles. The van der Waals surface area contributed by atoms with E-state index in [1.54, 1.807) is 0 Å². The Labute approximate surface area is 266 Å². The fourth-order valence-corrected chi connectivity index (χ4v) is 5.63. The number of aliphatic imine (C=N–C) groups is 1. The molecular weight excluding hydrogens is 548 g/mol. The molecule has 1 N–H and O–H groups in total. The van der Waals surface area contributed by atoms with Crippen LogP contribution in [0.4, 0.5) is 0 Å². The van der Waals surface area contributed by atoms with E-state index in [4.69, 9.17) is 9.41 Å². The van der Waals surface area contributed by atoms with E-state index >= 15 is 0 Å². The van der Waals surface area contributed by atoms with Crippen LogP contribution >= 0.6 is 0 Å². The van der Waals surface area contributed by atoms with Gasteiger partial charge in [-0.15, -0.1) is 0 Å². The maximum absolute atomic E-state index is 6.07. The second-order valence-corrected chi connectivity index (χ2v) is 11.2. The third kappa shape index (κ3) is 6.89. The van der Waals surface area contributed by atoms with Crippen molar-refractivity contribution in [2.24, 2.45) is 4.99 Å².